The number of nitrogen functional groups attached to an aromatic ring is 1. The number of hydrogen-bond acceptors (Lipinski definition) is 8. The van der Waals surface area contributed by atoms with E-state index in [1.54, 1.807) is 42.5 Å². The first-order valence-corrected chi connectivity index (χ1v) is 18.2. The molecule has 0 aromatic heterocycles. The molecule has 0 amide bonds. The van der Waals surface area contributed by atoms with E-state index >= 15 is 0 Å². The second-order valence-electron chi connectivity index (χ2n) is 9.18. The van der Waals surface area contributed by atoms with Crippen LogP contribution in [0.25, 0.3) is 0 Å². The molecule has 0 saturated carbocycles. The third kappa shape index (κ3) is 15.7. The van der Waals surface area contributed by atoms with Crippen LogP contribution in [0.15, 0.2) is 64.4 Å². The molecular weight excluding hydrogens is 598 g/mol. The Labute approximate surface area is 243 Å². The van der Waals surface area contributed by atoms with Crippen LogP contribution in [0.2, 0.25) is 0 Å². The van der Waals surface area contributed by atoms with Crippen LogP contribution >= 0.6 is 0 Å². The van der Waals surface area contributed by atoms with E-state index < -0.39 is 50.6 Å². The molecule has 0 radical (unpaired) electrons. The number of sulfone groups is 1. The van der Waals surface area contributed by atoms with Crippen molar-refractivity contribution in [2.75, 3.05) is 11.5 Å². The molecule has 0 aliphatic heterocycles. The molecule has 5 N–H and O–H groups in total. The third-order valence-corrected chi connectivity index (χ3v) is 9.07. The summed E-state index contributed by atoms with van der Waals surface area (Å²) < 4.78 is 77.3. The van der Waals surface area contributed by atoms with Gasteiger partial charge in [0.25, 0.3) is 10.1 Å². The SMILES string of the molecule is Nc1ccc(S(=O)(=O)CCCCCCCCCCCCC(OS(=O)(=O)c2ccccc2)C(=O)O)cc1.[O]=[Ti]([OH])[OH]. The number of nitrogens with two attached hydrogens (primary N) is 1. The number of hydrogen-bond donors (Lipinski definition) is 4. The predicted molar refractivity (Wildman–Crippen MR) is 145 cm³/mol. The van der Waals surface area contributed by atoms with Crippen molar-refractivity contribution in [1.29, 1.82) is 0 Å². The van der Waals surface area contributed by atoms with Gasteiger partial charge in [0, 0.05) is 5.69 Å². The van der Waals surface area contributed by atoms with Crippen LogP contribution in [-0.2, 0) is 50.9 Å². The van der Waals surface area contributed by atoms with Gasteiger partial charge in [-0.05, 0) is 49.2 Å². The molecule has 0 aliphatic rings. The molecule has 224 valence electrons. The summed E-state index contributed by atoms with van der Waals surface area (Å²) in [4.78, 5) is 11.7. The minimum absolute atomic E-state index is 0.0559. The van der Waals surface area contributed by atoms with Crippen molar-refractivity contribution in [2.24, 2.45) is 0 Å². The van der Waals surface area contributed by atoms with Gasteiger partial charge in [0.15, 0.2) is 15.9 Å². The summed E-state index contributed by atoms with van der Waals surface area (Å²) in [6, 6.07) is 13.8. The summed E-state index contributed by atoms with van der Waals surface area (Å²) in [6.45, 7) is 0. The number of anilines is 1. The van der Waals surface area contributed by atoms with E-state index in [2.05, 4.69) is 0 Å². The van der Waals surface area contributed by atoms with Gasteiger partial charge in [-0.25, -0.2) is 13.2 Å². The first-order valence-electron chi connectivity index (χ1n) is 13.1. The molecule has 1 atom stereocenters. The maximum atomic E-state index is 12.3. The van der Waals surface area contributed by atoms with Crippen molar-refractivity contribution < 1.29 is 60.2 Å². The van der Waals surface area contributed by atoms with E-state index in [1.165, 1.54) is 12.1 Å². The van der Waals surface area contributed by atoms with Gasteiger partial charge in [-0.15, -0.1) is 0 Å². The number of unbranched alkanes of at least 4 members (excludes halogenated alkanes) is 9. The molecular formula is C26H39NO10S2Ti. The molecule has 1 unspecified atom stereocenters. The Morgan fingerprint density at radius 1 is 0.750 bits per heavy atom. The molecule has 2 rings (SSSR count). The van der Waals surface area contributed by atoms with E-state index in [0.717, 1.165) is 51.4 Å². The summed E-state index contributed by atoms with van der Waals surface area (Å²) in [5, 5.41) is 9.33. The fraction of sp³-hybridized carbons (Fsp3) is 0.500. The number of carbonyl (C=O) groups is 1. The quantitative estimate of drug-likeness (QED) is 0.0799. The number of rotatable bonds is 18. The van der Waals surface area contributed by atoms with E-state index in [0.29, 0.717) is 23.4 Å². The van der Waals surface area contributed by atoms with Gasteiger partial charge in [-0.3, -0.25) is 4.18 Å². The van der Waals surface area contributed by atoms with Gasteiger partial charge in [0.1, 0.15) is 0 Å². The Balaban J connectivity index is 0.00000187. The predicted octanol–water partition coefficient (Wildman–Crippen LogP) is 3.96. The van der Waals surface area contributed by atoms with Crippen LogP contribution in [0.4, 0.5) is 5.69 Å². The van der Waals surface area contributed by atoms with Crippen molar-refractivity contribution in [3.05, 3.63) is 54.6 Å². The fourth-order valence-corrected chi connectivity index (χ4v) is 6.29. The van der Waals surface area contributed by atoms with Crippen molar-refractivity contribution in [2.45, 2.75) is 86.5 Å². The zero-order chi connectivity index (χ0) is 30.0. The van der Waals surface area contributed by atoms with Crippen LogP contribution in [-0.4, -0.2) is 47.1 Å². The Hall–Kier alpha value is -2.00. The van der Waals surface area contributed by atoms with Crippen LogP contribution in [0, 0.1) is 0 Å². The summed E-state index contributed by atoms with van der Waals surface area (Å²) >= 11 is -3.58. The Morgan fingerprint density at radius 3 is 1.68 bits per heavy atom. The molecule has 0 spiro atoms. The van der Waals surface area contributed by atoms with Gasteiger partial charge in [0.05, 0.1) is 15.5 Å². The molecule has 14 heteroatoms. The second-order valence-corrected chi connectivity index (χ2v) is 13.7. The van der Waals surface area contributed by atoms with Crippen LogP contribution in [0.3, 0.4) is 0 Å². The van der Waals surface area contributed by atoms with Crippen LogP contribution in [0.1, 0.15) is 70.6 Å². The van der Waals surface area contributed by atoms with Crippen molar-refractivity contribution in [3.63, 3.8) is 0 Å². The summed E-state index contributed by atoms with van der Waals surface area (Å²) in [5.41, 5.74) is 6.15. The molecule has 0 fully saturated rings. The van der Waals surface area contributed by atoms with E-state index in [1.807, 2.05) is 0 Å². The van der Waals surface area contributed by atoms with E-state index in [-0.39, 0.29) is 17.1 Å². The Morgan fingerprint density at radius 2 is 1.20 bits per heavy atom. The van der Waals surface area contributed by atoms with Gasteiger partial charge >= 0.3 is 35.3 Å². The molecule has 40 heavy (non-hydrogen) atoms. The maximum absolute atomic E-state index is 12.3. The normalized spacial score (nSPS) is 12.2. The first kappa shape index (κ1) is 36.0. The number of benzene rings is 2. The topological polar surface area (TPSA) is 198 Å². The molecule has 11 nitrogen and oxygen atoms in total. The molecule has 0 aliphatic carbocycles. The zero-order valence-electron chi connectivity index (χ0n) is 22.4. The van der Waals surface area contributed by atoms with Crippen LogP contribution in [0.5, 0.6) is 0 Å². The van der Waals surface area contributed by atoms with Gasteiger partial charge < -0.3 is 10.8 Å². The summed E-state index contributed by atoms with van der Waals surface area (Å²) in [6.07, 6.45) is 7.77. The fourth-order valence-electron chi connectivity index (χ4n) is 3.84. The van der Waals surface area contributed by atoms with Crippen molar-refractivity contribution in [1.82, 2.24) is 0 Å². The number of carboxylic acid groups (broad SMARTS) is 1. The Kier molecular flexibility index (Phi) is 17.3. The van der Waals surface area contributed by atoms with Crippen LogP contribution < -0.4 is 5.73 Å². The summed E-state index contributed by atoms with van der Waals surface area (Å²) in [7, 11) is -7.37. The molecule has 0 bridgehead atoms. The van der Waals surface area contributed by atoms with E-state index in [4.69, 9.17) is 20.6 Å². The van der Waals surface area contributed by atoms with Crippen molar-refractivity contribution >= 4 is 31.6 Å². The average molecular weight is 638 g/mol. The van der Waals surface area contributed by atoms with Gasteiger partial charge in [-0.2, -0.15) is 8.42 Å². The standard InChI is InChI=1S/C26H37NO7S2.2H2O.O.Ti/c27-22-17-19-23(20-18-22)35(30,31)21-13-8-6-4-2-1-3-5-7-12-16-25(26(28)29)34-36(32,33)24-14-10-9-11-15-24;;;;/h9-11,14-15,17-20,25H,1-8,12-13,16,21,27H2,(H,28,29);2*1H2;;/q;;;;+2/p-2. The molecule has 2 aromatic rings. The second kappa shape index (κ2) is 19.2. The van der Waals surface area contributed by atoms with Gasteiger partial charge in [0.2, 0.25) is 0 Å². The van der Waals surface area contributed by atoms with Gasteiger partial charge in [-0.1, -0.05) is 76.0 Å². The third-order valence-electron chi connectivity index (χ3n) is 5.92. The zero-order valence-corrected chi connectivity index (χ0v) is 25.5. The molecule has 0 saturated heterocycles. The van der Waals surface area contributed by atoms with Crippen molar-refractivity contribution in [3.8, 4) is 0 Å². The number of carboxylic acids is 1. The minimum atomic E-state index is -4.11. The Bertz CT molecular complexity index is 1230. The first-order chi connectivity index (χ1) is 18.8. The average Bonchev–Trinajstić information content (AvgIpc) is 2.89. The number of aliphatic carboxylic acids is 1. The molecule has 2 aromatic carbocycles. The monoisotopic (exact) mass is 637 g/mol. The summed E-state index contributed by atoms with van der Waals surface area (Å²) in [5.74, 6) is -1.14. The van der Waals surface area contributed by atoms with E-state index in [9.17, 15) is 26.7 Å². The molecule has 0 heterocycles.